The zero-order valence-electron chi connectivity index (χ0n) is 9.48. The summed E-state index contributed by atoms with van der Waals surface area (Å²) in [4.78, 5) is 7.50. The number of H-pyrrole nitrogens is 1. The number of hydrogen-bond donors (Lipinski definition) is 2. The van der Waals surface area contributed by atoms with Gasteiger partial charge in [0, 0.05) is 12.4 Å². The van der Waals surface area contributed by atoms with Gasteiger partial charge in [0.15, 0.2) is 0 Å². The minimum Gasteiger partial charge on any atom is -0.347 e. The van der Waals surface area contributed by atoms with Crippen molar-refractivity contribution in [1.82, 2.24) is 15.3 Å². The van der Waals surface area contributed by atoms with Gasteiger partial charge in [-0.2, -0.15) is 0 Å². The van der Waals surface area contributed by atoms with E-state index in [1.807, 2.05) is 12.3 Å². The highest BCUT2D eigenvalue weighted by Crippen LogP contribution is 2.18. The molecule has 0 spiro atoms. The van der Waals surface area contributed by atoms with Crippen molar-refractivity contribution in [3.8, 4) is 0 Å². The average molecular weight is 215 g/mol. The number of nitrogens with zero attached hydrogens (tertiary/aromatic N) is 1. The molecule has 0 bridgehead atoms. The van der Waals surface area contributed by atoms with Crippen molar-refractivity contribution < 1.29 is 0 Å². The summed E-state index contributed by atoms with van der Waals surface area (Å²) in [6.07, 6.45) is 4.77. The summed E-state index contributed by atoms with van der Waals surface area (Å²) in [7, 11) is 0. The van der Waals surface area contributed by atoms with Crippen LogP contribution in [0, 0.1) is 0 Å². The Balaban J connectivity index is 2.21. The van der Waals surface area contributed by atoms with Crippen molar-refractivity contribution in [3.63, 3.8) is 0 Å². The van der Waals surface area contributed by atoms with Gasteiger partial charge < -0.3 is 10.3 Å². The van der Waals surface area contributed by atoms with Crippen LogP contribution in [0.4, 0.5) is 0 Å². The first-order valence-electron chi connectivity index (χ1n) is 5.69. The molecule has 1 unspecified atom stereocenters. The molecular formula is C13H17N3. The molecule has 1 aromatic heterocycles. The van der Waals surface area contributed by atoms with E-state index < -0.39 is 0 Å². The zero-order valence-corrected chi connectivity index (χ0v) is 9.48. The highest BCUT2D eigenvalue weighted by atomic mass is 15.0. The molecule has 2 aromatic rings. The summed E-state index contributed by atoms with van der Waals surface area (Å²) in [6.45, 7) is 3.15. The number of hydrogen-bond acceptors (Lipinski definition) is 2. The lowest BCUT2D eigenvalue weighted by atomic mass is 10.1. The first-order chi connectivity index (χ1) is 7.92. The SMILES string of the molecule is CCCNC(c1ccccc1)c1ncc[nH]1. The van der Waals surface area contributed by atoms with Crippen molar-refractivity contribution in [1.29, 1.82) is 0 Å². The van der Waals surface area contributed by atoms with Crippen LogP contribution in [0.3, 0.4) is 0 Å². The Morgan fingerprint density at radius 3 is 2.75 bits per heavy atom. The fourth-order valence-corrected chi connectivity index (χ4v) is 1.74. The van der Waals surface area contributed by atoms with Gasteiger partial charge in [-0.25, -0.2) is 4.98 Å². The highest BCUT2D eigenvalue weighted by molar-refractivity contribution is 5.24. The van der Waals surface area contributed by atoms with Crippen LogP contribution in [0.1, 0.15) is 30.8 Å². The fraction of sp³-hybridized carbons (Fsp3) is 0.308. The molecule has 0 saturated heterocycles. The molecule has 0 aliphatic carbocycles. The first-order valence-corrected chi connectivity index (χ1v) is 5.69. The maximum Gasteiger partial charge on any atom is 0.127 e. The summed E-state index contributed by atoms with van der Waals surface area (Å²) in [6, 6.07) is 10.5. The van der Waals surface area contributed by atoms with Gasteiger partial charge in [0.25, 0.3) is 0 Å². The topological polar surface area (TPSA) is 40.7 Å². The van der Waals surface area contributed by atoms with Gasteiger partial charge in [-0.15, -0.1) is 0 Å². The van der Waals surface area contributed by atoms with E-state index in [4.69, 9.17) is 0 Å². The molecule has 84 valence electrons. The van der Waals surface area contributed by atoms with E-state index in [1.54, 1.807) is 6.20 Å². The number of benzene rings is 1. The van der Waals surface area contributed by atoms with Gasteiger partial charge in [0.2, 0.25) is 0 Å². The Kier molecular flexibility index (Phi) is 3.72. The monoisotopic (exact) mass is 215 g/mol. The summed E-state index contributed by atoms with van der Waals surface area (Å²) >= 11 is 0. The molecule has 3 heteroatoms. The molecule has 0 amide bonds. The Labute approximate surface area is 95.9 Å². The molecule has 0 radical (unpaired) electrons. The second-order valence-electron chi connectivity index (χ2n) is 3.77. The van der Waals surface area contributed by atoms with E-state index in [1.165, 1.54) is 5.56 Å². The molecular weight excluding hydrogens is 198 g/mol. The van der Waals surface area contributed by atoms with Gasteiger partial charge in [-0.05, 0) is 18.5 Å². The summed E-state index contributed by atoms with van der Waals surface area (Å²) in [5.41, 5.74) is 1.24. The molecule has 0 fully saturated rings. The second-order valence-corrected chi connectivity index (χ2v) is 3.77. The smallest absolute Gasteiger partial charge is 0.127 e. The van der Waals surface area contributed by atoms with Crippen molar-refractivity contribution in [2.75, 3.05) is 6.54 Å². The van der Waals surface area contributed by atoms with Crippen molar-refractivity contribution in [2.45, 2.75) is 19.4 Å². The van der Waals surface area contributed by atoms with Crippen molar-refractivity contribution in [2.24, 2.45) is 0 Å². The maximum atomic E-state index is 4.33. The normalized spacial score (nSPS) is 12.6. The van der Waals surface area contributed by atoms with Crippen LogP contribution in [0.15, 0.2) is 42.7 Å². The lowest BCUT2D eigenvalue weighted by Crippen LogP contribution is -2.24. The van der Waals surface area contributed by atoms with Gasteiger partial charge in [0.05, 0.1) is 6.04 Å². The van der Waals surface area contributed by atoms with E-state index in [0.717, 1.165) is 18.8 Å². The summed E-state index contributed by atoms with van der Waals surface area (Å²) in [5, 5.41) is 3.49. The molecule has 0 aliphatic heterocycles. The van der Waals surface area contributed by atoms with Gasteiger partial charge >= 0.3 is 0 Å². The Hall–Kier alpha value is -1.61. The fourth-order valence-electron chi connectivity index (χ4n) is 1.74. The Bertz CT molecular complexity index is 394. The van der Waals surface area contributed by atoms with E-state index in [0.29, 0.717) is 0 Å². The number of aromatic amines is 1. The number of nitrogens with one attached hydrogen (secondary N) is 2. The molecule has 1 atom stereocenters. The minimum atomic E-state index is 0.163. The van der Waals surface area contributed by atoms with Crippen LogP contribution < -0.4 is 5.32 Å². The summed E-state index contributed by atoms with van der Waals surface area (Å²) < 4.78 is 0. The highest BCUT2D eigenvalue weighted by Gasteiger charge is 2.14. The molecule has 2 rings (SSSR count). The number of aromatic nitrogens is 2. The van der Waals surface area contributed by atoms with E-state index in [9.17, 15) is 0 Å². The largest absolute Gasteiger partial charge is 0.347 e. The second kappa shape index (κ2) is 5.47. The third-order valence-corrected chi connectivity index (χ3v) is 2.52. The van der Waals surface area contributed by atoms with Crippen molar-refractivity contribution >= 4 is 0 Å². The van der Waals surface area contributed by atoms with Crippen LogP contribution in [-0.4, -0.2) is 16.5 Å². The predicted octanol–water partition coefficient (Wildman–Crippen LogP) is 2.50. The van der Waals surface area contributed by atoms with Crippen LogP contribution in [0.25, 0.3) is 0 Å². The van der Waals surface area contributed by atoms with Crippen LogP contribution in [0.5, 0.6) is 0 Å². The lowest BCUT2D eigenvalue weighted by molar-refractivity contribution is 0.576. The van der Waals surface area contributed by atoms with E-state index >= 15 is 0 Å². The standard InChI is InChI=1S/C13H17N3/c1-2-8-14-12(13-15-9-10-16-13)11-6-4-3-5-7-11/h3-7,9-10,12,14H,2,8H2,1H3,(H,15,16). The summed E-state index contributed by atoms with van der Waals surface area (Å²) in [5.74, 6) is 0.972. The van der Waals surface area contributed by atoms with Crippen LogP contribution in [0.2, 0.25) is 0 Å². The molecule has 2 N–H and O–H groups in total. The number of imidazole rings is 1. The lowest BCUT2D eigenvalue weighted by Gasteiger charge is -2.16. The predicted molar refractivity (Wildman–Crippen MR) is 65.2 cm³/mol. The molecule has 1 aromatic carbocycles. The average Bonchev–Trinajstić information content (AvgIpc) is 2.85. The Morgan fingerprint density at radius 2 is 2.12 bits per heavy atom. The maximum absolute atomic E-state index is 4.33. The number of rotatable bonds is 5. The van der Waals surface area contributed by atoms with Gasteiger partial charge in [-0.1, -0.05) is 37.3 Å². The van der Waals surface area contributed by atoms with Gasteiger partial charge in [0.1, 0.15) is 5.82 Å². The molecule has 1 heterocycles. The molecule has 16 heavy (non-hydrogen) atoms. The van der Waals surface area contributed by atoms with E-state index in [2.05, 4.69) is 46.5 Å². The van der Waals surface area contributed by atoms with Crippen LogP contribution >= 0.6 is 0 Å². The molecule has 3 nitrogen and oxygen atoms in total. The van der Waals surface area contributed by atoms with Gasteiger partial charge in [-0.3, -0.25) is 0 Å². The van der Waals surface area contributed by atoms with Crippen LogP contribution in [-0.2, 0) is 0 Å². The Morgan fingerprint density at radius 1 is 1.31 bits per heavy atom. The molecule has 0 saturated carbocycles. The zero-order chi connectivity index (χ0) is 11.2. The van der Waals surface area contributed by atoms with E-state index in [-0.39, 0.29) is 6.04 Å². The quantitative estimate of drug-likeness (QED) is 0.804. The third kappa shape index (κ3) is 2.49. The molecule has 0 aliphatic rings. The van der Waals surface area contributed by atoms with Crippen molar-refractivity contribution in [3.05, 3.63) is 54.1 Å². The minimum absolute atomic E-state index is 0.163. The first kappa shape index (κ1) is 10.9. The third-order valence-electron chi connectivity index (χ3n) is 2.52.